The van der Waals surface area contributed by atoms with Crippen LogP contribution in [0.5, 0.6) is 0 Å². The first-order valence-electron chi connectivity index (χ1n) is 11.9. The summed E-state index contributed by atoms with van der Waals surface area (Å²) in [6.07, 6.45) is 0. The van der Waals surface area contributed by atoms with Gasteiger partial charge in [0.05, 0.1) is 18.2 Å². The van der Waals surface area contributed by atoms with Crippen molar-refractivity contribution in [2.45, 2.75) is 51.0 Å². The van der Waals surface area contributed by atoms with Crippen molar-refractivity contribution in [3.63, 3.8) is 0 Å². The van der Waals surface area contributed by atoms with Gasteiger partial charge in [0.25, 0.3) is 5.91 Å². The van der Waals surface area contributed by atoms with E-state index in [4.69, 9.17) is 16.3 Å². The molecule has 0 unspecified atom stereocenters. The van der Waals surface area contributed by atoms with Gasteiger partial charge in [-0.15, -0.1) is 0 Å². The molecule has 0 spiro atoms. The van der Waals surface area contributed by atoms with Crippen LogP contribution in [-0.2, 0) is 25.0 Å². The lowest BCUT2D eigenvalue weighted by Crippen LogP contribution is -2.47. The molecule has 1 aliphatic rings. The minimum Gasteiger partial charge on any atom is -0.379 e. The van der Waals surface area contributed by atoms with Gasteiger partial charge in [0, 0.05) is 24.3 Å². The topological polar surface area (TPSA) is 105 Å². The van der Waals surface area contributed by atoms with Crippen LogP contribution in [0.15, 0.2) is 47.4 Å². The number of benzene rings is 2. The summed E-state index contributed by atoms with van der Waals surface area (Å²) in [5.41, 5.74) is 1.78. The highest BCUT2D eigenvalue weighted by Crippen LogP contribution is 2.28. The van der Waals surface area contributed by atoms with Gasteiger partial charge >= 0.3 is 0 Å². The van der Waals surface area contributed by atoms with E-state index in [2.05, 4.69) is 31.4 Å². The van der Waals surface area contributed by atoms with Crippen molar-refractivity contribution in [2.24, 2.45) is 5.92 Å². The van der Waals surface area contributed by atoms with Crippen molar-refractivity contribution in [1.82, 2.24) is 9.62 Å². The zero-order valence-electron chi connectivity index (χ0n) is 21.3. The van der Waals surface area contributed by atoms with E-state index < -0.39 is 22.0 Å². The molecule has 2 N–H and O–H groups in total. The first kappa shape index (κ1) is 28.1. The smallest absolute Gasteiger partial charge is 0.251 e. The fraction of sp³-hybridized carbons (Fsp3) is 0.462. The minimum absolute atomic E-state index is 0.0396. The molecule has 1 atom stereocenters. The molecule has 1 aliphatic heterocycles. The second kappa shape index (κ2) is 11.3. The number of nitrogens with one attached hydrogen (secondary N) is 2. The van der Waals surface area contributed by atoms with Crippen molar-refractivity contribution < 1.29 is 22.7 Å². The number of hydrogen-bond acceptors (Lipinski definition) is 5. The summed E-state index contributed by atoms with van der Waals surface area (Å²) >= 11 is 6.22. The lowest BCUT2D eigenvalue weighted by Gasteiger charge is -2.26. The van der Waals surface area contributed by atoms with E-state index in [0.717, 1.165) is 5.56 Å². The zero-order chi connectivity index (χ0) is 26.7. The third-order valence-corrected chi connectivity index (χ3v) is 8.42. The number of carbonyl (C=O) groups excluding carboxylic acids is 2. The molecule has 196 valence electrons. The van der Waals surface area contributed by atoms with Gasteiger partial charge < -0.3 is 15.4 Å². The maximum Gasteiger partial charge on any atom is 0.251 e. The molecular weight excluding hydrogens is 502 g/mol. The molecule has 3 rings (SSSR count). The minimum atomic E-state index is -3.86. The fourth-order valence-corrected chi connectivity index (χ4v) is 5.71. The third-order valence-electron chi connectivity index (χ3n) is 6.04. The van der Waals surface area contributed by atoms with E-state index in [1.54, 1.807) is 12.1 Å². The van der Waals surface area contributed by atoms with Crippen LogP contribution in [0.25, 0.3) is 0 Å². The number of hydrogen-bond donors (Lipinski definition) is 2. The lowest BCUT2D eigenvalue weighted by atomic mass is 9.86. The fourth-order valence-electron chi connectivity index (χ4n) is 3.81. The Morgan fingerprint density at radius 3 is 2.19 bits per heavy atom. The predicted molar refractivity (Wildman–Crippen MR) is 141 cm³/mol. The highest BCUT2D eigenvalue weighted by atomic mass is 35.5. The Morgan fingerprint density at radius 2 is 1.64 bits per heavy atom. The van der Waals surface area contributed by atoms with Gasteiger partial charge in [-0.1, -0.05) is 58.4 Å². The van der Waals surface area contributed by atoms with Gasteiger partial charge in [-0.2, -0.15) is 4.31 Å². The molecule has 0 aliphatic carbocycles. The Labute approximate surface area is 218 Å². The van der Waals surface area contributed by atoms with Crippen LogP contribution < -0.4 is 10.6 Å². The summed E-state index contributed by atoms with van der Waals surface area (Å²) in [5, 5.41) is 5.60. The number of anilines is 1. The second-order valence-electron chi connectivity index (χ2n) is 10.2. The first-order chi connectivity index (χ1) is 16.8. The van der Waals surface area contributed by atoms with Gasteiger partial charge in [0.2, 0.25) is 15.9 Å². The Balaban J connectivity index is 1.76. The molecular formula is C26H34ClN3O5S. The van der Waals surface area contributed by atoms with Gasteiger partial charge in [0.15, 0.2) is 0 Å². The molecule has 8 nitrogen and oxygen atoms in total. The van der Waals surface area contributed by atoms with Gasteiger partial charge in [-0.3, -0.25) is 9.59 Å². The van der Waals surface area contributed by atoms with Crippen molar-refractivity contribution in [3.8, 4) is 0 Å². The molecule has 1 heterocycles. The molecule has 1 saturated heterocycles. The molecule has 2 aromatic rings. The highest BCUT2D eigenvalue weighted by molar-refractivity contribution is 7.89. The molecule has 2 aromatic carbocycles. The number of nitrogens with zero attached hydrogens (tertiary/aromatic N) is 1. The van der Waals surface area contributed by atoms with E-state index in [1.807, 2.05) is 26.0 Å². The maximum atomic E-state index is 13.1. The van der Waals surface area contributed by atoms with Crippen LogP contribution in [0.2, 0.25) is 5.02 Å². The third kappa shape index (κ3) is 6.64. The molecule has 1 fully saturated rings. The van der Waals surface area contributed by atoms with Crippen LogP contribution in [0.3, 0.4) is 0 Å². The Bertz CT molecular complexity index is 1200. The molecule has 2 amide bonds. The van der Waals surface area contributed by atoms with Gasteiger partial charge in [0.1, 0.15) is 10.9 Å². The monoisotopic (exact) mass is 535 g/mol. The van der Waals surface area contributed by atoms with E-state index in [0.29, 0.717) is 18.8 Å². The Morgan fingerprint density at radius 1 is 1.03 bits per heavy atom. The number of rotatable bonds is 7. The van der Waals surface area contributed by atoms with Crippen molar-refractivity contribution in [3.05, 3.63) is 58.6 Å². The Kier molecular flexibility index (Phi) is 8.82. The summed E-state index contributed by atoms with van der Waals surface area (Å²) in [4.78, 5) is 25.9. The summed E-state index contributed by atoms with van der Waals surface area (Å²) < 4.78 is 32.7. The van der Waals surface area contributed by atoms with E-state index >= 15 is 0 Å². The van der Waals surface area contributed by atoms with E-state index in [1.165, 1.54) is 22.5 Å². The average Bonchev–Trinajstić information content (AvgIpc) is 2.83. The molecule has 10 heteroatoms. The summed E-state index contributed by atoms with van der Waals surface area (Å²) in [5.74, 6) is -1.04. The summed E-state index contributed by atoms with van der Waals surface area (Å²) in [6.45, 7) is 11.0. The maximum absolute atomic E-state index is 13.1. The van der Waals surface area contributed by atoms with Crippen LogP contribution in [0.1, 0.15) is 50.5 Å². The zero-order valence-corrected chi connectivity index (χ0v) is 22.9. The number of sulfonamides is 1. The quantitative estimate of drug-likeness (QED) is 0.556. The predicted octanol–water partition coefficient (Wildman–Crippen LogP) is 4.05. The molecule has 0 radical (unpaired) electrons. The van der Waals surface area contributed by atoms with Crippen molar-refractivity contribution in [2.75, 3.05) is 31.6 Å². The lowest BCUT2D eigenvalue weighted by molar-refractivity contribution is -0.118. The summed E-state index contributed by atoms with van der Waals surface area (Å²) in [7, 11) is -3.86. The van der Waals surface area contributed by atoms with Crippen molar-refractivity contribution >= 4 is 39.1 Å². The number of amides is 2. The van der Waals surface area contributed by atoms with Crippen molar-refractivity contribution in [1.29, 1.82) is 0 Å². The number of ether oxygens (including phenoxy) is 1. The van der Waals surface area contributed by atoms with E-state index in [-0.39, 0.29) is 45.9 Å². The van der Waals surface area contributed by atoms with Crippen LogP contribution in [0, 0.1) is 5.92 Å². The Hall–Kier alpha value is -2.46. The second-order valence-corrected chi connectivity index (χ2v) is 12.5. The largest absolute Gasteiger partial charge is 0.379 e. The van der Waals surface area contributed by atoms with E-state index in [9.17, 15) is 18.0 Å². The molecule has 0 aromatic heterocycles. The number of morpholine rings is 1. The van der Waals surface area contributed by atoms with Gasteiger partial charge in [-0.05, 0) is 47.2 Å². The summed E-state index contributed by atoms with van der Waals surface area (Å²) in [6, 6.07) is 10.8. The number of halogens is 1. The van der Waals surface area contributed by atoms with Crippen LogP contribution in [0.4, 0.5) is 5.69 Å². The molecule has 36 heavy (non-hydrogen) atoms. The SMILES string of the molecule is CC(C)[C@H](NC(=O)c1ccc(C(C)(C)C)cc1)C(=O)Nc1ccc(Cl)c(S(=O)(=O)N2CCOCC2)c1. The molecule has 0 bridgehead atoms. The highest BCUT2D eigenvalue weighted by Gasteiger charge is 2.30. The normalized spacial score (nSPS) is 16.0. The first-order valence-corrected chi connectivity index (χ1v) is 13.7. The standard InChI is InChI=1S/C26H34ClN3O5S/c1-17(2)23(29-24(31)18-6-8-19(9-7-18)26(3,4)5)25(32)28-20-10-11-21(27)22(16-20)36(33,34)30-12-14-35-15-13-30/h6-11,16-17,23H,12-15H2,1-5H3,(H,28,32)(H,29,31)/t23-/m0/s1. The van der Waals surface area contributed by atoms with Gasteiger partial charge in [-0.25, -0.2) is 8.42 Å². The molecule has 0 saturated carbocycles. The number of carbonyl (C=O) groups is 2. The average molecular weight is 536 g/mol. The van der Waals surface area contributed by atoms with Crippen LogP contribution in [-0.4, -0.2) is 56.9 Å². The van der Waals surface area contributed by atoms with Crippen LogP contribution >= 0.6 is 11.6 Å².